The van der Waals surface area contributed by atoms with Gasteiger partial charge in [0.2, 0.25) is 0 Å². The number of para-hydroxylation sites is 1. The summed E-state index contributed by atoms with van der Waals surface area (Å²) in [4.78, 5) is 0. The summed E-state index contributed by atoms with van der Waals surface area (Å²) in [5.74, 6) is 0.947. The lowest BCUT2D eigenvalue weighted by Gasteiger charge is -2.11. The average molecular weight is 228 g/mol. The zero-order valence-electron chi connectivity index (χ0n) is 10.4. The van der Waals surface area contributed by atoms with Crippen molar-refractivity contribution in [3.8, 4) is 0 Å². The molecule has 3 rings (SSSR count). The maximum absolute atomic E-state index is 5.92. The monoisotopic (exact) mass is 228 g/mol. The third kappa shape index (κ3) is 1.54. The first-order valence-corrected chi connectivity index (χ1v) is 5.95. The number of aryl methyl sites for hydroxylation is 1. The van der Waals surface area contributed by atoms with Gasteiger partial charge in [0, 0.05) is 30.5 Å². The van der Waals surface area contributed by atoms with Crippen molar-refractivity contribution in [3.05, 3.63) is 35.6 Å². The average Bonchev–Trinajstić information content (AvgIpc) is 2.82. The van der Waals surface area contributed by atoms with E-state index in [1.807, 2.05) is 30.3 Å². The highest BCUT2D eigenvalue weighted by atomic mass is 16.3. The third-order valence-electron chi connectivity index (χ3n) is 3.51. The van der Waals surface area contributed by atoms with E-state index in [4.69, 9.17) is 4.42 Å². The Morgan fingerprint density at radius 1 is 1.35 bits per heavy atom. The second kappa shape index (κ2) is 3.62. The van der Waals surface area contributed by atoms with Crippen molar-refractivity contribution in [2.24, 2.45) is 5.10 Å². The van der Waals surface area contributed by atoms with E-state index in [1.54, 1.807) is 0 Å². The van der Waals surface area contributed by atoms with Gasteiger partial charge in [-0.15, -0.1) is 0 Å². The Balaban J connectivity index is 2.13. The Kier molecular flexibility index (Phi) is 2.21. The first-order valence-electron chi connectivity index (χ1n) is 5.95. The Hall–Kier alpha value is -1.77. The predicted molar refractivity (Wildman–Crippen MR) is 69.3 cm³/mol. The van der Waals surface area contributed by atoms with E-state index >= 15 is 0 Å². The number of hydrogen-bond donors (Lipinski definition) is 0. The summed E-state index contributed by atoms with van der Waals surface area (Å²) < 4.78 is 5.92. The minimum Gasteiger partial charge on any atom is -0.454 e. The van der Waals surface area contributed by atoms with Crippen LogP contribution in [0.2, 0.25) is 0 Å². The van der Waals surface area contributed by atoms with Gasteiger partial charge in [-0.3, -0.25) is 5.01 Å². The molecule has 1 aliphatic heterocycles. The van der Waals surface area contributed by atoms with Crippen molar-refractivity contribution < 1.29 is 4.42 Å². The molecule has 88 valence electrons. The molecule has 2 aromatic rings. The second-order valence-corrected chi connectivity index (χ2v) is 4.73. The van der Waals surface area contributed by atoms with Gasteiger partial charge in [-0.25, -0.2) is 0 Å². The molecule has 1 aromatic carbocycles. The molecule has 0 N–H and O–H groups in total. The standard InChI is InChI=1S/C14H16N2O/c1-9-8-12(15-16(9)3)14-10(2)11-6-4-5-7-13(11)17-14/h4-7,9H,8H2,1-3H3. The summed E-state index contributed by atoms with van der Waals surface area (Å²) >= 11 is 0. The molecule has 0 radical (unpaired) electrons. The zero-order valence-corrected chi connectivity index (χ0v) is 10.4. The minimum atomic E-state index is 0.456. The molecule has 0 fully saturated rings. The van der Waals surface area contributed by atoms with E-state index in [2.05, 4.69) is 25.0 Å². The molecule has 3 nitrogen and oxygen atoms in total. The molecule has 0 spiro atoms. The number of hydrogen-bond acceptors (Lipinski definition) is 3. The van der Waals surface area contributed by atoms with E-state index in [0.29, 0.717) is 6.04 Å². The predicted octanol–water partition coefficient (Wildman–Crippen LogP) is 3.17. The van der Waals surface area contributed by atoms with Gasteiger partial charge in [-0.05, 0) is 19.9 Å². The van der Waals surface area contributed by atoms with Crippen LogP contribution in [0.3, 0.4) is 0 Å². The second-order valence-electron chi connectivity index (χ2n) is 4.73. The quantitative estimate of drug-likeness (QED) is 0.750. The Morgan fingerprint density at radius 3 is 2.76 bits per heavy atom. The van der Waals surface area contributed by atoms with Crippen LogP contribution in [-0.4, -0.2) is 23.8 Å². The molecule has 0 amide bonds. The van der Waals surface area contributed by atoms with E-state index in [9.17, 15) is 0 Å². The molecule has 0 bridgehead atoms. The maximum atomic E-state index is 5.92. The molecule has 17 heavy (non-hydrogen) atoms. The summed E-state index contributed by atoms with van der Waals surface area (Å²) in [5.41, 5.74) is 3.21. The van der Waals surface area contributed by atoms with E-state index in [-0.39, 0.29) is 0 Å². The molecule has 0 saturated carbocycles. The van der Waals surface area contributed by atoms with Crippen molar-refractivity contribution in [1.29, 1.82) is 0 Å². The topological polar surface area (TPSA) is 28.7 Å². The summed E-state index contributed by atoms with van der Waals surface area (Å²) in [6.07, 6.45) is 0.956. The van der Waals surface area contributed by atoms with Crippen molar-refractivity contribution in [1.82, 2.24) is 5.01 Å². The van der Waals surface area contributed by atoms with Crippen molar-refractivity contribution in [2.75, 3.05) is 7.05 Å². The molecule has 2 heterocycles. The van der Waals surface area contributed by atoms with Gasteiger partial charge >= 0.3 is 0 Å². The van der Waals surface area contributed by atoms with Crippen molar-refractivity contribution >= 4 is 16.7 Å². The highest BCUT2D eigenvalue weighted by molar-refractivity contribution is 6.04. The molecule has 1 aliphatic rings. The fourth-order valence-corrected chi connectivity index (χ4v) is 2.33. The SMILES string of the molecule is Cc1c(C2=NN(C)C(C)C2)oc2ccccc12. The van der Waals surface area contributed by atoms with Gasteiger partial charge in [0.05, 0.1) is 0 Å². The molecule has 1 unspecified atom stereocenters. The van der Waals surface area contributed by atoms with Crippen LogP contribution in [0.4, 0.5) is 0 Å². The minimum absolute atomic E-state index is 0.456. The summed E-state index contributed by atoms with van der Waals surface area (Å²) in [6, 6.07) is 8.60. The Labute approximate surface area is 101 Å². The van der Waals surface area contributed by atoms with Gasteiger partial charge in [0.1, 0.15) is 11.3 Å². The highest BCUT2D eigenvalue weighted by Gasteiger charge is 2.24. The lowest BCUT2D eigenvalue weighted by Crippen LogP contribution is -2.17. The van der Waals surface area contributed by atoms with Crippen molar-refractivity contribution in [3.63, 3.8) is 0 Å². The van der Waals surface area contributed by atoms with Gasteiger partial charge in [0.25, 0.3) is 0 Å². The van der Waals surface area contributed by atoms with E-state index < -0.39 is 0 Å². The summed E-state index contributed by atoms with van der Waals surface area (Å²) in [5, 5.41) is 7.74. The molecule has 3 heteroatoms. The maximum Gasteiger partial charge on any atom is 0.154 e. The van der Waals surface area contributed by atoms with Crippen LogP contribution < -0.4 is 0 Å². The van der Waals surface area contributed by atoms with Gasteiger partial charge in [-0.2, -0.15) is 5.10 Å². The van der Waals surface area contributed by atoms with E-state index in [0.717, 1.165) is 23.5 Å². The number of fused-ring (bicyclic) bond motifs is 1. The molecule has 1 aromatic heterocycles. The molecule has 0 saturated heterocycles. The molecule has 0 aliphatic carbocycles. The number of nitrogens with zero attached hydrogens (tertiary/aromatic N) is 2. The Morgan fingerprint density at radius 2 is 2.12 bits per heavy atom. The lowest BCUT2D eigenvalue weighted by atomic mass is 10.1. The van der Waals surface area contributed by atoms with Crippen LogP contribution >= 0.6 is 0 Å². The zero-order chi connectivity index (χ0) is 12.0. The van der Waals surface area contributed by atoms with Crippen molar-refractivity contribution in [2.45, 2.75) is 26.3 Å². The smallest absolute Gasteiger partial charge is 0.154 e. The summed E-state index contributed by atoms with van der Waals surface area (Å²) in [7, 11) is 2.01. The number of rotatable bonds is 1. The van der Waals surface area contributed by atoms with E-state index in [1.165, 1.54) is 10.9 Å². The fourth-order valence-electron chi connectivity index (χ4n) is 2.33. The number of furan rings is 1. The normalized spacial score (nSPS) is 20.1. The first-order chi connectivity index (χ1) is 8.16. The molecule has 1 atom stereocenters. The Bertz CT molecular complexity index is 597. The van der Waals surface area contributed by atoms with Crippen LogP contribution in [0.25, 0.3) is 11.0 Å². The third-order valence-corrected chi connectivity index (χ3v) is 3.51. The van der Waals surface area contributed by atoms with Crippen LogP contribution in [-0.2, 0) is 0 Å². The number of benzene rings is 1. The molecular formula is C14H16N2O. The number of hydrazone groups is 1. The van der Waals surface area contributed by atoms with Crippen LogP contribution in [0.5, 0.6) is 0 Å². The first kappa shape index (κ1) is 10.4. The largest absolute Gasteiger partial charge is 0.454 e. The van der Waals surface area contributed by atoms with Gasteiger partial charge in [-0.1, -0.05) is 18.2 Å². The van der Waals surface area contributed by atoms with Crippen LogP contribution in [0, 0.1) is 6.92 Å². The van der Waals surface area contributed by atoms with Crippen LogP contribution in [0.15, 0.2) is 33.8 Å². The molecular weight excluding hydrogens is 212 g/mol. The summed E-state index contributed by atoms with van der Waals surface area (Å²) in [6.45, 7) is 4.28. The lowest BCUT2D eigenvalue weighted by molar-refractivity contribution is 0.303. The van der Waals surface area contributed by atoms with Gasteiger partial charge < -0.3 is 4.42 Å². The van der Waals surface area contributed by atoms with Crippen LogP contribution in [0.1, 0.15) is 24.7 Å². The highest BCUT2D eigenvalue weighted by Crippen LogP contribution is 2.28. The van der Waals surface area contributed by atoms with Gasteiger partial charge in [0.15, 0.2) is 5.76 Å². The fraction of sp³-hybridized carbons (Fsp3) is 0.357.